The van der Waals surface area contributed by atoms with Gasteiger partial charge in [0.1, 0.15) is 5.75 Å². The number of benzene rings is 1. The summed E-state index contributed by atoms with van der Waals surface area (Å²) < 4.78 is 5.38. The Hall–Kier alpha value is -1.22. The number of hydrogen-bond acceptors (Lipinski definition) is 3. The van der Waals surface area contributed by atoms with E-state index in [9.17, 15) is 0 Å². The number of rotatable bonds is 5. The maximum absolute atomic E-state index is 5.38. The largest absolute Gasteiger partial charge is 0.496 e. The van der Waals surface area contributed by atoms with Crippen molar-refractivity contribution in [2.24, 2.45) is 5.92 Å². The second kappa shape index (κ2) is 7.17. The van der Waals surface area contributed by atoms with E-state index in [2.05, 4.69) is 56.1 Å². The molecule has 0 aliphatic carbocycles. The van der Waals surface area contributed by atoms with Gasteiger partial charge in [-0.05, 0) is 49.4 Å². The maximum atomic E-state index is 5.38. The van der Waals surface area contributed by atoms with E-state index >= 15 is 0 Å². The van der Waals surface area contributed by atoms with Crippen LogP contribution in [0.1, 0.15) is 39.2 Å². The molecule has 1 saturated heterocycles. The average Bonchev–Trinajstić information content (AvgIpc) is 2.46. The van der Waals surface area contributed by atoms with Crippen molar-refractivity contribution in [3.8, 4) is 5.75 Å². The molecule has 0 radical (unpaired) electrons. The van der Waals surface area contributed by atoms with Crippen molar-refractivity contribution >= 4 is 5.69 Å². The molecular weight excluding hydrogens is 260 g/mol. The van der Waals surface area contributed by atoms with Gasteiger partial charge in [-0.2, -0.15) is 0 Å². The van der Waals surface area contributed by atoms with Crippen molar-refractivity contribution in [1.82, 2.24) is 5.32 Å². The summed E-state index contributed by atoms with van der Waals surface area (Å²) in [5, 5.41) is 3.72. The molecule has 2 rings (SSSR count). The molecule has 0 spiro atoms. The van der Waals surface area contributed by atoms with Crippen LogP contribution >= 0.6 is 0 Å². The number of anilines is 1. The number of aryl methyl sites for hydroxylation is 1. The minimum Gasteiger partial charge on any atom is -0.496 e. The van der Waals surface area contributed by atoms with E-state index in [-0.39, 0.29) is 0 Å². The molecule has 3 heteroatoms. The van der Waals surface area contributed by atoms with Gasteiger partial charge in [-0.1, -0.05) is 20.8 Å². The van der Waals surface area contributed by atoms with Crippen LogP contribution in [0.5, 0.6) is 5.75 Å². The van der Waals surface area contributed by atoms with Crippen LogP contribution in [-0.4, -0.2) is 32.3 Å². The molecule has 21 heavy (non-hydrogen) atoms. The zero-order chi connectivity index (χ0) is 15.4. The lowest BCUT2D eigenvalue weighted by Gasteiger charge is -2.42. The maximum Gasteiger partial charge on any atom is 0.121 e. The van der Waals surface area contributed by atoms with Crippen molar-refractivity contribution in [2.45, 2.75) is 52.6 Å². The third-order valence-electron chi connectivity index (χ3n) is 4.44. The molecule has 0 aromatic heterocycles. The van der Waals surface area contributed by atoms with Gasteiger partial charge in [0.25, 0.3) is 0 Å². The number of piperazine rings is 1. The summed E-state index contributed by atoms with van der Waals surface area (Å²) in [4.78, 5) is 2.58. The zero-order valence-electron chi connectivity index (χ0n) is 14.1. The fourth-order valence-corrected chi connectivity index (χ4v) is 3.31. The van der Waals surface area contributed by atoms with E-state index in [4.69, 9.17) is 4.74 Å². The van der Waals surface area contributed by atoms with E-state index in [0.29, 0.717) is 12.1 Å². The summed E-state index contributed by atoms with van der Waals surface area (Å²) in [5.41, 5.74) is 2.54. The molecule has 1 heterocycles. The molecule has 2 atom stereocenters. The molecule has 2 unspecified atom stereocenters. The zero-order valence-corrected chi connectivity index (χ0v) is 14.1. The Labute approximate surface area is 129 Å². The average molecular weight is 290 g/mol. The number of nitrogens with zero attached hydrogens (tertiary/aromatic N) is 1. The van der Waals surface area contributed by atoms with Crippen molar-refractivity contribution in [2.75, 3.05) is 25.1 Å². The first kappa shape index (κ1) is 16.2. The quantitative estimate of drug-likeness (QED) is 0.896. The second-order valence-corrected chi connectivity index (χ2v) is 6.60. The first-order valence-electron chi connectivity index (χ1n) is 8.19. The molecule has 1 N–H and O–H groups in total. The van der Waals surface area contributed by atoms with E-state index in [0.717, 1.165) is 24.8 Å². The van der Waals surface area contributed by atoms with E-state index in [1.165, 1.54) is 24.1 Å². The van der Waals surface area contributed by atoms with Crippen LogP contribution in [-0.2, 0) is 0 Å². The molecule has 3 nitrogen and oxygen atoms in total. The number of hydrogen-bond donors (Lipinski definition) is 1. The molecular formula is C18H30N2O. The molecule has 0 bridgehead atoms. The number of methoxy groups -OCH3 is 1. The number of nitrogens with one attached hydrogen (secondary N) is 1. The first-order valence-corrected chi connectivity index (χ1v) is 8.19. The molecule has 118 valence electrons. The van der Waals surface area contributed by atoms with Gasteiger partial charge in [0.05, 0.1) is 7.11 Å². The van der Waals surface area contributed by atoms with E-state index in [1.54, 1.807) is 7.11 Å². The highest BCUT2D eigenvalue weighted by atomic mass is 16.5. The van der Waals surface area contributed by atoms with Crippen molar-refractivity contribution in [3.05, 3.63) is 23.8 Å². The van der Waals surface area contributed by atoms with Crippen LogP contribution in [0.3, 0.4) is 0 Å². The van der Waals surface area contributed by atoms with Crippen LogP contribution in [0, 0.1) is 12.8 Å². The van der Waals surface area contributed by atoms with E-state index in [1.807, 2.05) is 0 Å². The van der Waals surface area contributed by atoms with Gasteiger partial charge in [-0.25, -0.2) is 0 Å². The molecule has 0 amide bonds. The summed E-state index contributed by atoms with van der Waals surface area (Å²) in [6.07, 6.45) is 2.41. The summed E-state index contributed by atoms with van der Waals surface area (Å²) in [6.45, 7) is 11.2. The highest BCUT2D eigenvalue weighted by molar-refractivity contribution is 5.54. The van der Waals surface area contributed by atoms with Crippen LogP contribution in [0.4, 0.5) is 5.69 Å². The fraction of sp³-hybridized carbons (Fsp3) is 0.667. The lowest BCUT2D eigenvalue weighted by Crippen LogP contribution is -2.56. The summed E-state index contributed by atoms with van der Waals surface area (Å²) in [5.74, 6) is 1.71. The summed E-state index contributed by atoms with van der Waals surface area (Å²) in [6, 6.07) is 7.74. The minimum absolute atomic E-state index is 0.584. The highest BCUT2D eigenvalue weighted by Crippen LogP contribution is 2.28. The van der Waals surface area contributed by atoms with Crippen LogP contribution in [0.25, 0.3) is 0 Å². The number of ether oxygens (including phenoxy) is 1. The Kier molecular flexibility index (Phi) is 5.51. The lowest BCUT2D eigenvalue weighted by atomic mass is 9.98. The van der Waals surface area contributed by atoms with Gasteiger partial charge in [0.15, 0.2) is 0 Å². The van der Waals surface area contributed by atoms with Gasteiger partial charge in [0.2, 0.25) is 0 Å². The van der Waals surface area contributed by atoms with Gasteiger partial charge < -0.3 is 15.0 Å². The predicted octanol–water partition coefficient (Wildman–Crippen LogP) is 3.61. The Morgan fingerprint density at radius 3 is 2.71 bits per heavy atom. The standard InChI is InChI=1S/C18H30N2O/c1-6-16-11-19-15(9-13(2)3)12-20(16)17-7-8-18(21-5)14(4)10-17/h7-8,10,13,15-16,19H,6,9,11-12H2,1-5H3. The fourth-order valence-electron chi connectivity index (χ4n) is 3.31. The van der Waals surface area contributed by atoms with Crippen LogP contribution in [0.2, 0.25) is 0 Å². The van der Waals surface area contributed by atoms with Gasteiger partial charge in [-0.3, -0.25) is 0 Å². The van der Waals surface area contributed by atoms with Crippen LogP contribution < -0.4 is 15.0 Å². The molecule has 1 fully saturated rings. The highest BCUT2D eigenvalue weighted by Gasteiger charge is 2.27. The summed E-state index contributed by atoms with van der Waals surface area (Å²) >= 11 is 0. The Morgan fingerprint density at radius 1 is 1.38 bits per heavy atom. The van der Waals surface area contributed by atoms with Crippen molar-refractivity contribution < 1.29 is 4.74 Å². The predicted molar refractivity (Wildman–Crippen MR) is 90.4 cm³/mol. The molecule has 1 aromatic carbocycles. The Bertz CT molecular complexity index is 459. The van der Waals surface area contributed by atoms with Gasteiger partial charge >= 0.3 is 0 Å². The van der Waals surface area contributed by atoms with Gasteiger partial charge in [0, 0.05) is 30.9 Å². The first-order chi connectivity index (χ1) is 10.0. The van der Waals surface area contributed by atoms with Gasteiger partial charge in [-0.15, -0.1) is 0 Å². The lowest BCUT2D eigenvalue weighted by molar-refractivity contribution is 0.343. The topological polar surface area (TPSA) is 24.5 Å². The summed E-state index contributed by atoms with van der Waals surface area (Å²) in [7, 11) is 1.74. The van der Waals surface area contributed by atoms with Crippen LogP contribution in [0.15, 0.2) is 18.2 Å². The van der Waals surface area contributed by atoms with Crippen molar-refractivity contribution in [3.63, 3.8) is 0 Å². The van der Waals surface area contributed by atoms with Crippen molar-refractivity contribution in [1.29, 1.82) is 0 Å². The third kappa shape index (κ3) is 3.91. The molecule has 1 aromatic rings. The Balaban J connectivity index is 2.18. The molecule has 0 saturated carbocycles. The Morgan fingerprint density at radius 2 is 2.14 bits per heavy atom. The van der Waals surface area contributed by atoms with E-state index < -0.39 is 0 Å². The second-order valence-electron chi connectivity index (χ2n) is 6.60. The SMILES string of the molecule is CCC1CNC(CC(C)C)CN1c1ccc(OC)c(C)c1. The third-order valence-corrected chi connectivity index (χ3v) is 4.44. The molecule has 1 aliphatic heterocycles. The monoisotopic (exact) mass is 290 g/mol. The normalized spacial score (nSPS) is 22.7. The smallest absolute Gasteiger partial charge is 0.121 e. The minimum atomic E-state index is 0.584. The molecule has 1 aliphatic rings.